The lowest BCUT2D eigenvalue weighted by atomic mass is 9.85. The predicted octanol–water partition coefficient (Wildman–Crippen LogP) is 1.50. The van der Waals surface area contributed by atoms with Gasteiger partial charge in [0.15, 0.2) is 5.69 Å². The van der Waals surface area contributed by atoms with Gasteiger partial charge < -0.3 is 19.4 Å². The van der Waals surface area contributed by atoms with E-state index in [0.29, 0.717) is 38.9 Å². The molecule has 0 unspecified atom stereocenters. The molecule has 2 aliphatic rings. The first-order valence-electron chi connectivity index (χ1n) is 10.0. The highest BCUT2D eigenvalue weighted by Gasteiger charge is 2.58. The Kier molecular flexibility index (Phi) is 5.54. The van der Waals surface area contributed by atoms with E-state index in [9.17, 15) is 14.4 Å². The molecule has 1 N–H and O–H groups in total. The van der Waals surface area contributed by atoms with Crippen molar-refractivity contribution in [1.29, 1.82) is 0 Å². The molecular weight excluding hydrogens is 388 g/mol. The molecule has 0 bridgehead atoms. The zero-order valence-electron chi connectivity index (χ0n) is 16.6. The highest BCUT2D eigenvalue weighted by Crippen LogP contribution is 2.38. The van der Waals surface area contributed by atoms with Crippen molar-refractivity contribution < 1.29 is 24.0 Å². The van der Waals surface area contributed by atoms with Crippen LogP contribution < -0.4 is 0 Å². The standard InChI is InChI=1S/C21H24N4O5/c26-13-4-10-24-19(28)21(25(20(24)29)15-16-5-2-1-3-6-16)8-11-23(12-9-21)18(27)17-7-14-30-22-17/h1-3,5-7,14,26H,4,8-13,15H2. The zero-order chi connectivity index (χ0) is 21.1. The molecule has 158 valence electrons. The lowest BCUT2D eigenvalue weighted by molar-refractivity contribution is -0.135. The Labute approximate surface area is 173 Å². The summed E-state index contributed by atoms with van der Waals surface area (Å²) < 4.78 is 4.75. The number of aliphatic hydroxyl groups excluding tert-OH is 1. The van der Waals surface area contributed by atoms with Crippen LogP contribution in [0.25, 0.3) is 0 Å². The van der Waals surface area contributed by atoms with E-state index >= 15 is 0 Å². The summed E-state index contributed by atoms with van der Waals surface area (Å²) in [7, 11) is 0. The summed E-state index contributed by atoms with van der Waals surface area (Å²) in [5.74, 6) is -0.493. The summed E-state index contributed by atoms with van der Waals surface area (Å²) >= 11 is 0. The van der Waals surface area contributed by atoms with Crippen LogP contribution in [0.15, 0.2) is 47.2 Å². The molecule has 0 aliphatic carbocycles. The molecule has 9 nitrogen and oxygen atoms in total. The van der Waals surface area contributed by atoms with Crippen LogP contribution in [0.5, 0.6) is 0 Å². The van der Waals surface area contributed by atoms with E-state index in [4.69, 9.17) is 9.63 Å². The molecule has 1 spiro atoms. The number of rotatable bonds is 6. The largest absolute Gasteiger partial charge is 0.396 e. The first-order chi connectivity index (χ1) is 14.6. The number of urea groups is 1. The first-order valence-corrected chi connectivity index (χ1v) is 10.0. The molecule has 1 aromatic heterocycles. The minimum atomic E-state index is -0.983. The molecule has 0 radical (unpaired) electrons. The molecule has 0 saturated carbocycles. The molecular formula is C21H24N4O5. The van der Waals surface area contributed by atoms with Crippen molar-refractivity contribution in [2.24, 2.45) is 0 Å². The number of piperidine rings is 1. The maximum absolute atomic E-state index is 13.4. The van der Waals surface area contributed by atoms with Gasteiger partial charge in [0.2, 0.25) is 0 Å². The maximum atomic E-state index is 13.4. The quantitative estimate of drug-likeness (QED) is 0.721. The molecule has 30 heavy (non-hydrogen) atoms. The third kappa shape index (κ3) is 3.45. The van der Waals surface area contributed by atoms with E-state index in [1.807, 2.05) is 30.3 Å². The average molecular weight is 412 g/mol. The van der Waals surface area contributed by atoms with Crippen molar-refractivity contribution >= 4 is 17.8 Å². The number of imide groups is 1. The second kappa shape index (κ2) is 8.27. The summed E-state index contributed by atoms with van der Waals surface area (Å²) in [5, 5.41) is 12.9. The Morgan fingerprint density at radius 1 is 1.13 bits per heavy atom. The van der Waals surface area contributed by atoms with Gasteiger partial charge in [-0.05, 0) is 24.8 Å². The van der Waals surface area contributed by atoms with Crippen LogP contribution in [-0.2, 0) is 11.3 Å². The number of carbonyl (C=O) groups is 3. The second-order valence-electron chi connectivity index (χ2n) is 7.60. The van der Waals surface area contributed by atoms with Gasteiger partial charge >= 0.3 is 6.03 Å². The first kappa shape index (κ1) is 20.1. The molecule has 2 saturated heterocycles. The van der Waals surface area contributed by atoms with Crippen LogP contribution >= 0.6 is 0 Å². The lowest BCUT2D eigenvalue weighted by Crippen LogP contribution is -2.57. The summed E-state index contributed by atoms with van der Waals surface area (Å²) in [5.41, 5.74) is 0.178. The van der Waals surface area contributed by atoms with E-state index in [0.717, 1.165) is 5.56 Å². The van der Waals surface area contributed by atoms with Crippen LogP contribution in [0.3, 0.4) is 0 Å². The van der Waals surface area contributed by atoms with Crippen molar-refractivity contribution in [3.05, 3.63) is 53.9 Å². The molecule has 2 aromatic rings. The highest BCUT2D eigenvalue weighted by molar-refractivity contribution is 6.07. The van der Waals surface area contributed by atoms with Gasteiger partial charge in [0.1, 0.15) is 11.8 Å². The predicted molar refractivity (Wildman–Crippen MR) is 105 cm³/mol. The number of nitrogens with zero attached hydrogens (tertiary/aromatic N) is 4. The number of likely N-dealkylation sites (tertiary alicyclic amines) is 1. The SMILES string of the molecule is O=C(c1ccon1)N1CCC2(CC1)C(=O)N(CCCO)C(=O)N2Cc1ccccc1. The molecule has 2 aliphatic heterocycles. The van der Waals surface area contributed by atoms with E-state index in [2.05, 4.69) is 5.16 Å². The van der Waals surface area contributed by atoms with Gasteiger partial charge in [-0.15, -0.1) is 0 Å². The van der Waals surface area contributed by atoms with Crippen LogP contribution in [0.2, 0.25) is 0 Å². The fraction of sp³-hybridized carbons (Fsp3) is 0.429. The smallest absolute Gasteiger partial charge is 0.327 e. The van der Waals surface area contributed by atoms with Crippen molar-refractivity contribution in [2.75, 3.05) is 26.2 Å². The average Bonchev–Trinajstić information content (AvgIpc) is 3.37. The lowest BCUT2D eigenvalue weighted by Gasteiger charge is -2.42. The number of aromatic nitrogens is 1. The number of amides is 4. The van der Waals surface area contributed by atoms with Gasteiger partial charge in [-0.3, -0.25) is 14.5 Å². The van der Waals surface area contributed by atoms with E-state index in [1.54, 1.807) is 9.80 Å². The fourth-order valence-corrected chi connectivity index (χ4v) is 4.24. The minimum Gasteiger partial charge on any atom is -0.396 e. The van der Waals surface area contributed by atoms with Crippen molar-refractivity contribution in [1.82, 2.24) is 19.9 Å². The molecule has 4 amide bonds. The number of aliphatic hydroxyl groups is 1. The van der Waals surface area contributed by atoms with Gasteiger partial charge in [0.05, 0.1) is 0 Å². The van der Waals surface area contributed by atoms with Gasteiger partial charge in [0, 0.05) is 38.9 Å². The fourth-order valence-electron chi connectivity index (χ4n) is 4.24. The maximum Gasteiger partial charge on any atom is 0.327 e. The van der Waals surface area contributed by atoms with Crippen LogP contribution in [0.1, 0.15) is 35.3 Å². The Morgan fingerprint density at radius 3 is 2.50 bits per heavy atom. The Hall–Kier alpha value is -3.20. The van der Waals surface area contributed by atoms with Crippen LogP contribution in [0.4, 0.5) is 4.79 Å². The van der Waals surface area contributed by atoms with Gasteiger partial charge in [-0.2, -0.15) is 0 Å². The van der Waals surface area contributed by atoms with Crippen molar-refractivity contribution in [3.8, 4) is 0 Å². The van der Waals surface area contributed by atoms with Gasteiger partial charge in [-0.25, -0.2) is 4.79 Å². The highest BCUT2D eigenvalue weighted by atomic mass is 16.5. The summed E-state index contributed by atoms with van der Waals surface area (Å²) in [6.07, 6.45) is 2.38. The van der Waals surface area contributed by atoms with E-state index in [-0.39, 0.29) is 36.7 Å². The molecule has 2 fully saturated rings. The van der Waals surface area contributed by atoms with E-state index in [1.165, 1.54) is 17.2 Å². The van der Waals surface area contributed by atoms with Gasteiger partial charge in [0.25, 0.3) is 11.8 Å². The normalized spacial score (nSPS) is 18.5. The Bertz CT molecular complexity index is 907. The summed E-state index contributed by atoms with van der Waals surface area (Å²) in [4.78, 5) is 43.6. The third-order valence-corrected chi connectivity index (χ3v) is 5.88. The molecule has 3 heterocycles. The monoisotopic (exact) mass is 412 g/mol. The molecule has 4 rings (SSSR count). The number of carbonyl (C=O) groups excluding carboxylic acids is 3. The third-order valence-electron chi connectivity index (χ3n) is 5.88. The van der Waals surface area contributed by atoms with Crippen molar-refractivity contribution in [3.63, 3.8) is 0 Å². The van der Waals surface area contributed by atoms with Gasteiger partial charge in [-0.1, -0.05) is 35.5 Å². The topological polar surface area (TPSA) is 107 Å². The number of hydrogen-bond acceptors (Lipinski definition) is 6. The number of benzene rings is 1. The minimum absolute atomic E-state index is 0.0945. The zero-order valence-corrected chi connectivity index (χ0v) is 16.6. The van der Waals surface area contributed by atoms with Crippen molar-refractivity contribution in [2.45, 2.75) is 31.3 Å². The molecule has 0 atom stereocenters. The van der Waals surface area contributed by atoms with Crippen LogP contribution in [0, 0.1) is 0 Å². The molecule has 9 heteroatoms. The Morgan fingerprint density at radius 2 is 1.87 bits per heavy atom. The Balaban J connectivity index is 1.57. The summed E-state index contributed by atoms with van der Waals surface area (Å²) in [6.45, 7) is 1.08. The second-order valence-corrected chi connectivity index (χ2v) is 7.60. The molecule has 1 aromatic carbocycles. The summed E-state index contributed by atoms with van der Waals surface area (Å²) in [6, 6.07) is 10.7. The van der Waals surface area contributed by atoms with Crippen LogP contribution in [-0.4, -0.2) is 74.6 Å². The number of hydrogen-bond donors (Lipinski definition) is 1. The van der Waals surface area contributed by atoms with E-state index < -0.39 is 5.54 Å².